The predicted molar refractivity (Wildman–Crippen MR) is 122 cm³/mol. The average molecular weight is 479 g/mol. The van der Waals surface area contributed by atoms with Gasteiger partial charge in [0.15, 0.2) is 6.61 Å². The average Bonchev–Trinajstić information content (AvgIpc) is 2.78. The molecule has 2 aromatic rings. The Labute approximate surface area is 193 Å². The van der Waals surface area contributed by atoms with Crippen LogP contribution in [0.25, 0.3) is 0 Å². The number of benzene rings is 2. The molecule has 1 aliphatic rings. The minimum atomic E-state index is -3.77. The Balaban J connectivity index is 1.67. The molecule has 0 heterocycles. The van der Waals surface area contributed by atoms with E-state index < -0.39 is 28.5 Å². The molecule has 0 bridgehead atoms. The Hall–Kier alpha value is -2.42. The molecule has 0 spiro atoms. The first kappa shape index (κ1) is 24.2. The molecule has 1 N–H and O–H groups in total. The van der Waals surface area contributed by atoms with Crippen molar-refractivity contribution < 1.29 is 22.7 Å². The van der Waals surface area contributed by atoms with E-state index in [4.69, 9.17) is 16.3 Å². The Morgan fingerprint density at radius 3 is 2.59 bits per heavy atom. The van der Waals surface area contributed by atoms with Crippen LogP contribution >= 0.6 is 11.6 Å². The Bertz CT molecular complexity index is 1100. The van der Waals surface area contributed by atoms with Crippen molar-refractivity contribution in [3.63, 3.8) is 0 Å². The molecule has 1 aliphatic carbocycles. The van der Waals surface area contributed by atoms with Crippen LogP contribution in [0, 0.1) is 0 Å². The van der Waals surface area contributed by atoms with E-state index >= 15 is 0 Å². The van der Waals surface area contributed by atoms with E-state index in [-0.39, 0.29) is 21.5 Å². The zero-order valence-corrected chi connectivity index (χ0v) is 19.7. The third kappa shape index (κ3) is 5.31. The van der Waals surface area contributed by atoms with Gasteiger partial charge in [-0.25, -0.2) is 13.2 Å². The highest BCUT2D eigenvalue weighted by Gasteiger charge is 2.25. The molecular weight excluding hydrogens is 452 g/mol. The van der Waals surface area contributed by atoms with Crippen molar-refractivity contribution in [3.8, 4) is 0 Å². The fourth-order valence-electron chi connectivity index (χ4n) is 3.88. The zero-order valence-electron chi connectivity index (χ0n) is 18.1. The molecule has 0 aliphatic heterocycles. The summed E-state index contributed by atoms with van der Waals surface area (Å²) in [4.78, 5) is 24.9. The van der Waals surface area contributed by atoms with Crippen molar-refractivity contribution in [3.05, 3.63) is 64.2 Å². The second kappa shape index (κ2) is 10.5. The maximum Gasteiger partial charge on any atom is 0.340 e. The molecule has 3 rings (SSSR count). The molecule has 0 aromatic heterocycles. The second-order valence-electron chi connectivity index (χ2n) is 7.52. The van der Waals surface area contributed by atoms with Gasteiger partial charge in [-0.3, -0.25) is 4.79 Å². The molecule has 7 nitrogen and oxygen atoms in total. The van der Waals surface area contributed by atoms with Gasteiger partial charge in [0.25, 0.3) is 5.91 Å². The number of carbonyl (C=O) groups is 2. The van der Waals surface area contributed by atoms with Gasteiger partial charge in [-0.05, 0) is 48.6 Å². The summed E-state index contributed by atoms with van der Waals surface area (Å²) in [5.41, 5.74) is 2.19. The highest BCUT2D eigenvalue weighted by Crippen LogP contribution is 2.29. The normalized spacial score (nSPS) is 15.8. The molecule has 172 valence electrons. The van der Waals surface area contributed by atoms with Gasteiger partial charge in [-0.15, -0.1) is 0 Å². The maximum absolute atomic E-state index is 12.7. The number of sulfonamides is 1. The number of hydrogen-bond donors (Lipinski definition) is 1. The third-order valence-electron chi connectivity index (χ3n) is 5.54. The number of hydrogen-bond acceptors (Lipinski definition) is 5. The molecule has 0 radical (unpaired) electrons. The largest absolute Gasteiger partial charge is 0.452 e. The van der Waals surface area contributed by atoms with Crippen LogP contribution in [0.3, 0.4) is 0 Å². The van der Waals surface area contributed by atoms with Gasteiger partial charge < -0.3 is 10.1 Å². The van der Waals surface area contributed by atoms with E-state index in [9.17, 15) is 18.0 Å². The Morgan fingerprint density at radius 2 is 1.88 bits per heavy atom. The summed E-state index contributed by atoms with van der Waals surface area (Å²) in [7, 11) is -3.77. The number of aryl methyl sites for hydroxylation is 1. The topological polar surface area (TPSA) is 92.8 Å². The molecule has 0 saturated heterocycles. The molecule has 2 aromatic carbocycles. The molecule has 0 unspecified atom stereocenters. The number of amides is 1. The van der Waals surface area contributed by atoms with E-state index in [1.807, 2.05) is 18.2 Å². The van der Waals surface area contributed by atoms with Gasteiger partial charge in [-0.2, -0.15) is 4.31 Å². The fourth-order valence-corrected chi connectivity index (χ4v) is 5.56. The van der Waals surface area contributed by atoms with Crippen LogP contribution in [0.15, 0.2) is 47.4 Å². The second-order valence-corrected chi connectivity index (χ2v) is 9.86. The van der Waals surface area contributed by atoms with Crippen LogP contribution in [0.4, 0.5) is 0 Å². The summed E-state index contributed by atoms with van der Waals surface area (Å²) in [6.45, 7) is 3.57. The first-order valence-corrected chi connectivity index (χ1v) is 12.4. The van der Waals surface area contributed by atoms with Crippen molar-refractivity contribution in [2.75, 3.05) is 19.7 Å². The van der Waals surface area contributed by atoms with Crippen LogP contribution in [0.2, 0.25) is 5.02 Å². The smallest absolute Gasteiger partial charge is 0.340 e. The van der Waals surface area contributed by atoms with Crippen LogP contribution in [-0.2, 0) is 26.0 Å². The zero-order chi connectivity index (χ0) is 23.3. The number of rotatable bonds is 8. The maximum atomic E-state index is 12.7. The van der Waals surface area contributed by atoms with Gasteiger partial charge in [0.05, 0.1) is 21.5 Å². The summed E-state index contributed by atoms with van der Waals surface area (Å²) in [5.74, 6) is -1.28. The van der Waals surface area contributed by atoms with Crippen molar-refractivity contribution in [2.24, 2.45) is 0 Å². The van der Waals surface area contributed by atoms with Crippen LogP contribution in [-0.4, -0.2) is 44.3 Å². The van der Waals surface area contributed by atoms with Crippen LogP contribution < -0.4 is 5.32 Å². The lowest BCUT2D eigenvalue weighted by Gasteiger charge is -2.26. The number of nitrogens with one attached hydrogen (secondary N) is 1. The molecule has 1 atom stereocenters. The minimum absolute atomic E-state index is 0.0510. The molecule has 0 fully saturated rings. The predicted octanol–water partition coefficient (Wildman–Crippen LogP) is 3.72. The number of nitrogens with zero attached hydrogens (tertiary/aromatic N) is 1. The summed E-state index contributed by atoms with van der Waals surface area (Å²) in [5, 5.41) is 2.96. The van der Waals surface area contributed by atoms with Gasteiger partial charge >= 0.3 is 5.97 Å². The number of halogens is 1. The molecular formula is C23H27ClN2O5S. The van der Waals surface area contributed by atoms with Crippen molar-refractivity contribution in [1.82, 2.24) is 9.62 Å². The lowest BCUT2D eigenvalue weighted by Crippen LogP contribution is -2.34. The van der Waals surface area contributed by atoms with E-state index in [1.165, 1.54) is 28.1 Å². The first-order chi connectivity index (χ1) is 15.3. The lowest BCUT2D eigenvalue weighted by molar-refractivity contribution is -0.125. The minimum Gasteiger partial charge on any atom is -0.452 e. The number of fused-ring (bicyclic) bond motifs is 1. The van der Waals surface area contributed by atoms with Crippen molar-refractivity contribution in [1.29, 1.82) is 0 Å². The van der Waals surface area contributed by atoms with Crippen LogP contribution in [0.1, 0.15) is 54.2 Å². The Kier molecular flexibility index (Phi) is 7.92. The summed E-state index contributed by atoms with van der Waals surface area (Å²) in [6, 6.07) is 11.7. The van der Waals surface area contributed by atoms with Crippen LogP contribution in [0.5, 0.6) is 0 Å². The van der Waals surface area contributed by atoms with E-state index in [2.05, 4.69) is 11.4 Å². The molecule has 32 heavy (non-hydrogen) atoms. The number of ether oxygens (including phenoxy) is 1. The third-order valence-corrected chi connectivity index (χ3v) is 7.92. The first-order valence-electron chi connectivity index (χ1n) is 10.6. The van der Waals surface area contributed by atoms with E-state index in [1.54, 1.807) is 13.8 Å². The van der Waals surface area contributed by atoms with E-state index in [0.717, 1.165) is 24.8 Å². The van der Waals surface area contributed by atoms with Gasteiger partial charge in [-0.1, -0.05) is 49.7 Å². The van der Waals surface area contributed by atoms with E-state index in [0.29, 0.717) is 13.1 Å². The monoisotopic (exact) mass is 478 g/mol. The quantitative estimate of drug-likeness (QED) is 0.583. The molecule has 1 amide bonds. The van der Waals surface area contributed by atoms with Gasteiger partial charge in [0.1, 0.15) is 0 Å². The highest BCUT2D eigenvalue weighted by atomic mass is 35.5. The van der Waals surface area contributed by atoms with Crippen molar-refractivity contribution >= 4 is 33.5 Å². The summed E-state index contributed by atoms with van der Waals surface area (Å²) < 4.78 is 31.9. The number of esters is 1. The van der Waals surface area contributed by atoms with Gasteiger partial charge in [0.2, 0.25) is 10.0 Å². The fraction of sp³-hybridized carbons (Fsp3) is 0.391. The number of carbonyl (C=O) groups excluding carboxylic acids is 2. The van der Waals surface area contributed by atoms with Crippen molar-refractivity contribution in [2.45, 2.75) is 44.0 Å². The Morgan fingerprint density at radius 1 is 1.16 bits per heavy atom. The summed E-state index contributed by atoms with van der Waals surface area (Å²) in [6.07, 6.45) is 2.75. The molecule has 9 heteroatoms. The standard InChI is InChI=1S/C23H27ClN2O5S/c1-3-26(4-2)32(29,30)17-12-13-20(24)19(14-17)23(28)31-15-22(27)25-21-11-7-9-16-8-5-6-10-18(16)21/h5-6,8,10,12-14,21H,3-4,7,9,11,15H2,1-2H3,(H,25,27)/t21-/m0/s1. The lowest BCUT2D eigenvalue weighted by atomic mass is 9.88. The van der Waals surface area contributed by atoms with Gasteiger partial charge in [0, 0.05) is 13.1 Å². The highest BCUT2D eigenvalue weighted by molar-refractivity contribution is 7.89. The molecule has 0 saturated carbocycles. The summed E-state index contributed by atoms with van der Waals surface area (Å²) >= 11 is 6.11. The SMILES string of the molecule is CCN(CC)S(=O)(=O)c1ccc(Cl)c(C(=O)OCC(=O)N[C@H]2CCCc3ccccc32)c1.